The van der Waals surface area contributed by atoms with E-state index in [0.717, 1.165) is 19.4 Å². The first-order chi connectivity index (χ1) is 5.77. The lowest BCUT2D eigenvalue weighted by Crippen LogP contribution is -2.24. The minimum atomic E-state index is -0.0145. The normalized spacial score (nSPS) is 9.83. The average Bonchev–Trinajstić information content (AvgIpc) is 2.02. The molecule has 0 heterocycles. The summed E-state index contributed by atoms with van der Waals surface area (Å²) < 4.78 is 5.21. The number of ether oxygens (including phenoxy) is 1. The SMILES string of the molecule is CC(=O)NCCOCCCCCl. The predicted octanol–water partition coefficient (Wildman–Crippen LogP) is 1.16. The number of amides is 1. The van der Waals surface area contributed by atoms with Gasteiger partial charge in [-0.15, -0.1) is 11.6 Å². The number of nitrogens with one attached hydrogen (secondary N) is 1. The molecular weight excluding hydrogens is 178 g/mol. The van der Waals surface area contributed by atoms with Crippen LogP contribution >= 0.6 is 11.6 Å². The Hall–Kier alpha value is -0.280. The molecule has 0 unspecified atom stereocenters. The number of carbonyl (C=O) groups is 1. The van der Waals surface area contributed by atoms with Crippen LogP contribution in [0.25, 0.3) is 0 Å². The van der Waals surface area contributed by atoms with Gasteiger partial charge >= 0.3 is 0 Å². The van der Waals surface area contributed by atoms with Crippen LogP contribution in [0.2, 0.25) is 0 Å². The van der Waals surface area contributed by atoms with E-state index in [4.69, 9.17) is 16.3 Å². The molecular formula is C8H16ClNO2. The zero-order chi connectivity index (χ0) is 9.23. The summed E-state index contributed by atoms with van der Waals surface area (Å²) in [6.45, 7) is 3.40. The third-order valence-corrected chi connectivity index (χ3v) is 1.56. The molecule has 4 heteroatoms. The molecule has 0 radical (unpaired) electrons. The van der Waals surface area contributed by atoms with E-state index < -0.39 is 0 Å². The number of hydrogen-bond acceptors (Lipinski definition) is 2. The summed E-state index contributed by atoms with van der Waals surface area (Å²) in [7, 11) is 0. The molecule has 1 amide bonds. The third-order valence-electron chi connectivity index (χ3n) is 1.29. The van der Waals surface area contributed by atoms with E-state index in [-0.39, 0.29) is 5.91 Å². The minimum absolute atomic E-state index is 0.0145. The van der Waals surface area contributed by atoms with E-state index in [9.17, 15) is 4.79 Å². The van der Waals surface area contributed by atoms with Crippen molar-refractivity contribution in [1.82, 2.24) is 5.32 Å². The second-order valence-electron chi connectivity index (χ2n) is 2.49. The number of halogens is 1. The molecule has 0 spiro atoms. The molecule has 0 rings (SSSR count). The highest BCUT2D eigenvalue weighted by Gasteiger charge is 1.90. The van der Waals surface area contributed by atoms with Gasteiger partial charge in [-0.05, 0) is 12.8 Å². The molecule has 3 nitrogen and oxygen atoms in total. The molecule has 0 aromatic rings. The molecule has 0 aromatic carbocycles. The molecule has 0 aliphatic heterocycles. The molecule has 0 bridgehead atoms. The van der Waals surface area contributed by atoms with Crippen molar-refractivity contribution in [2.24, 2.45) is 0 Å². The highest BCUT2D eigenvalue weighted by molar-refractivity contribution is 6.17. The maximum absolute atomic E-state index is 10.4. The predicted molar refractivity (Wildman–Crippen MR) is 49.5 cm³/mol. The van der Waals surface area contributed by atoms with Crippen molar-refractivity contribution in [2.45, 2.75) is 19.8 Å². The zero-order valence-electron chi connectivity index (χ0n) is 7.44. The van der Waals surface area contributed by atoms with E-state index in [1.165, 1.54) is 6.92 Å². The van der Waals surface area contributed by atoms with Gasteiger partial charge in [-0.2, -0.15) is 0 Å². The number of unbranched alkanes of at least 4 members (excludes halogenated alkanes) is 1. The summed E-state index contributed by atoms with van der Waals surface area (Å²) >= 11 is 5.47. The maximum Gasteiger partial charge on any atom is 0.216 e. The molecule has 0 aliphatic rings. The highest BCUT2D eigenvalue weighted by Crippen LogP contribution is 1.91. The van der Waals surface area contributed by atoms with Crippen molar-refractivity contribution in [3.63, 3.8) is 0 Å². The van der Waals surface area contributed by atoms with Crippen LogP contribution in [0.4, 0.5) is 0 Å². The van der Waals surface area contributed by atoms with Crippen molar-refractivity contribution in [3.05, 3.63) is 0 Å². The molecule has 72 valence electrons. The number of carbonyl (C=O) groups excluding carboxylic acids is 1. The summed E-state index contributed by atoms with van der Waals surface area (Å²) in [6.07, 6.45) is 1.98. The lowest BCUT2D eigenvalue weighted by molar-refractivity contribution is -0.119. The molecule has 0 fully saturated rings. The Bertz CT molecular complexity index is 120. The fraction of sp³-hybridized carbons (Fsp3) is 0.875. The number of hydrogen-bond donors (Lipinski definition) is 1. The van der Waals surface area contributed by atoms with Gasteiger partial charge < -0.3 is 10.1 Å². The number of alkyl halides is 1. The second kappa shape index (κ2) is 8.81. The zero-order valence-corrected chi connectivity index (χ0v) is 8.19. The van der Waals surface area contributed by atoms with Crippen LogP contribution < -0.4 is 5.32 Å². The molecule has 0 saturated heterocycles. The van der Waals surface area contributed by atoms with E-state index >= 15 is 0 Å². The van der Waals surface area contributed by atoms with Crippen molar-refractivity contribution < 1.29 is 9.53 Å². The summed E-state index contributed by atoms with van der Waals surface area (Å²) in [6, 6.07) is 0. The monoisotopic (exact) mass is 193 g/mol. The van der Waals surface area contributed by atoms with E-state index in [2.05, 4.69) is 5.32 Å². The van der Waals surface area contributed by atoms with Gasteiger partial charge in [0.15, 0.2) is 0 Å². The Balaban J connectivity index is 2.86. The van der Waals surface area contributed by atoms with Gasteiger partial charge in [0.2, 0.25) is 5.91 Å². The van der Waals surface area contributed by atoms with Gasteiger partial charge in [0.25, 0.3) is 0 Å². The van der Waals surface area contributed by atoms with Gasteiger partial charge in [-0.25, -0.2) is 0 Å². The molecule has 0 aromatic heterocycles. The molecule has 0 aliphatic carbocycles. The summed E-state index contributed by atoms with van der Waals surface area (Å²) in [5.74, 6) is 0.675. The van der Waals surface area contributed by atoms with Crippen LogP contribution in [-0.4, -0.2) is 31.5 Å². The Morgan fingerprint density at radius 1 is 1.42 bits per heavy atom. The third kappa shape index (κ3) is 9.72. The fourth-order valence-electron chi connectivity index (χ4n) is 0.700. The molecule has 0 saturated carbocycles. The van der Waals surface area contributed by atoms with Crippen LogP contribution in [0.1, 0.15) is 19.8 Å². The Morgan fingerprint density at radius 2 is 2.17 bits per heavy atom. The van der Waals surface area contributed by atoms with Crippen molar-refractivity contribution in [2.75, 3.05) is 25.6 Å². The molecule has 12 heavy (non-hydrogen) atoms. The molecule has 0 atom stereocenters. The average molecular weight is 194 g/mol. The van der Waals surface area contributed by atoms with Gasteiger partial charge in [0, 0.05) is 26.0 Å². The van der Waals surface area contributed by atoms with E-state index in [1.807, 2.05) is 0 Å². The van der Waals surface area contributed by atoms with E-state index in [1.54, 1.807) is 0 Å². The Morgan fingerprint density at radius 3 is 2.75 bits per heavy atom. The fourth-order valence-corrected chi connectivity index (χ4v) is 0.889. The Labute approximate surface area is 78.4 Å². The molecule has 1 N–H and O–H groups in total. The minimum Gasteiger partial charge on any atom is -0.380 e. The van der Waals surface area contributed by atoms with Gasteiger partial charge in [-0.3, -0.25) is 4.79 Å². The lowest BCUT2D eigenvalue weighted by atomic mass is 10.4. The van der Waals surface area contributed by atoms with Crippen molar-refractivity contribution in [3.8, 4) is 0 Å². The summed E-state index contributed by atoms with van der Waals surface area (Å²) in [5.41, 5.74) is 0. The Kier molecular flexibility index (Phi) is 8.61. The van der Waals surface area contributed by atoms with Crippen molar-refractivity contribution >= 4 is 17.5 Å². The smallest absolute Gasteiger partial charge is 0.216 e. The lowest BCUT2D eigenvalue weighted by Gasteiger charge is -2.03. The largest absolute Gasteiger partial charge is 0.380 e. The first-order valence-electron chi connectivity index (χ1n) is 4.15. The van der Waals surface area contributed by atoms with Gasteiger partial charge in [-0.1, -0.05) is 0 Å². The highest BCUT2D eigenvalue weighted by atomic mass is 35.5. The van der Waals surface area contributed by atoms with Crippen molar-refractivity contribution in [1.29, 1.82) is 0 Å². The second-order valence-corrected chi connectivity index (χ2v) is 2.87. The van der Waals surface area contributed by atoms with Crippen LogP contribution in [0.3, 0.4) is 0 Å². The van der Waals surface area contributed by atoms with Crippen LogP contribution in [0.15, 0.2) is 0 Å². The van der Waals surface area contributed by atoms with Crippen LogP contribution in [0, 0.1) is 0 Å². The van der Waals surface area contributed by atoms with Gasteiger partial charge in [0.05, 0.1) is 6.61 Å². The van der Waals surface area contributed by atoms with Crippen LogP contribution in [0.5, 0.6) is 0 Å². The maximum atomic E-state index is 10.4. The van der Waals surface area contributed by atoms with E-state index in [0.29, 0.717) is 19.0 Å². The topological polar surface area (TPSA) is 38.3 Å². The first-order valence-corrected chi connectivity index (χ1v) is 4.69. The van der Waals surface area contributed by atoms with Gasteiger partial charge in [0.1, 0.15) is 0 Å². The standard InChI is InChI=1S/C8H16ClNO2/c1-8(11)10-5-7-12-6-3-2-4-9/h2-7H2,1H3,(H,10,11). The summed E-state index contributed by atoms with van der Waals surface area (Å²) in [4.78, 5) is 10.4. The summed E-state index contributed by atoms with van der Waals surface area (Å²) in [5, 5.41) is 2.65. The van der Waals surface area contributed by atoms with Crippen LogP contribution in [-0.2, 0) is 9.53 Å². The first kappa shape index (κ1) is 11.7. The quantitative estimate of drug-likeness (QED) is 0.487. The number of rotatable bonds is 7.